The number of benzene rings is 1. The molecule has 102 valence electrons. The van der Waals surface area contributed by atoms with Crippen molar-refractivity contribution < 1.29 is 0 Å². The lowest BCUT2D eigenvalue weighted by Gasteiger charge is -2.30. The molecule has 1 heteroatoms. The van der Waals surface area contributed by atoms with Gasteiger partial charge < -0.3 is 0 Å². The van der Waals surface area contributed by atoms with Gasteiger partial charge in [0.2, 0.25) is 0 Å². The minimum Gasteiger partial charge on any atom is -0.292 e. The molecule has 0 aliphatic carbocycles. The zero-order valence-electron chi connectivity index (χ0n) is 12.1. The highest BCUT2D eigenvalue weighted by molar-refractivity contribution is 5.17. The monoisotopic (exact) mass is 255 g/mol. The summed E-state index contributed by atoms with van der Waals surface area (Å²) in [6.07, 6.45) is 6.20. The molecule has 1 aliphatic heterocycles. The fourth-order valence-corrected chi connectivity index (χ4v) is 3.02. The molecule has 1 heterocycles. The molecule has 1 nitrogen and oxygen atoms in total. The first-order valence-corrected chi connectivity index (χ1v) is 7.52. The molecule has 1 aromatic carbocycles. The molecule has 1 aliphatic rings. The standard InChI is InChI=1S/C18H25N/c1-3-10-18-17(4-2)13-8-9-14-19(18)15-16-11-6-5-7-12-16/h5-7,11-12,18H,2-3,8-10,13-15H2,1H3. The van der Waals surface area contributed by atoms with Crippen molar-refractivity contribution in [2.24, 2.45) is 0 Å². The Balaban J connectivity index is 2.16. The highest BCUT2D eigenvalue weighted by atomic mass is 15.2. The van der Waals surface area contributed by atoms with Crippen molar-refractivity contribution in [3.05, 3.63) is 53.8 Å². The Morgan fingerprint density at radius 1 is 1.26 bits per heavy atom. The lowest BCUT2D eigenvalue weighted by molar-refractivity contribution is 0.208. The molecule has 0 saturated carbocycles. The maximum Gasteiger partial charge on any atom is 0.0385 e. The van der Waals surface area contributed by atoms with Gasteiger partial charge in [0, 0.05) is 12.6 Å². The van der Waals surface area contributed by atoms with Crippen LogP contribution in [0.5, 0.6) is 0 Å². The summed E-state index contributed by atoms with van der Waals surface area (Å²) in [4.78, 5) is 2.62. The minimum atomic E-state index is 0.546. The van der Waals surface area contributed by atoms with Gasteiger partial charge >= 0.3 is 0 Å². The molecule has 1 unspecified atom stereocenters. The zero-order chi connectivity index (χ0) is 13.5. The van der Waals surface area contributed by atoms with Gasteiger partial charge in [-0.3, -0.25) is 4.90 Å². The summed E-state index contributed by atoms with van der Waals surface area (Å²) in [7, 11) is 0. The van der Waals surface area contributed by atoms with E-state index in [1.807, 2.05) is 0 Å². The maximum atomic E-state index is 3.91. The van der Waals surface area contributed by atoms with E-state index in [1.165, 1.54) is 49.8 Å². The molecule has 1 aromatic rings. The third-order valence-electron chi connectivity index (χ3n) is 4.00. The summed E-state index contributed by atoms with van der Waals surface area (Å²) in [5, 5.41) is 0. The van der Waals surface area contributed by atoms with Gasteiger partial charge in [-0.15, -0.1) is 5.73 Å². The average molecular weight is 255 g/mol. The first kappa shape index (κ1) is 14.1. The van der Waals surface area contributed by atoms with E-state index in [0.717, 1.165) is 6.54 Å². The van der Waals surface area contributed by atoms with Gasteiger partial charge in [0.1, 0.15) is 0 Å². The van der Waals surface area contributed by atoms with E-state index in [9.17, 15) is 0 Å². The van der Waals surface area contributed by atoms with Gasteiger partial charge in [-0.2, -0.15) is 0 Å². The summed E-state index contributed by atoms with van der Waals surface area (Å²) in [6, 6.07) is 11.4. The summed E-state index contributed by atoms with van der Waals surface area (Å²) in [5.74, 6) is 0. The van der Waals surface area contributed by atoms with Crippen molar-refractivity contribution >= 4 is 0 Å². The molecule has 19 heavy (non-hydrogen) atoms. The van der Waals surface area contributed by atoms with E-state index in [0.29, 0.717) is 6.04 Å². The topological polar surface area (TPSA) is 3.24 Å². The quantitative estimate of drug-likeness (QED) is 0.713. The van der Waals surface area contributed by atoms with Gasteiger partial charge in [-0.1, -0.05) is 50.3 Å². The van der Waals surface area contributed by atoms with Gasteiger partial charge in [0.25, 0.3) is 0 Å². The van der Waals surface area contributed by atoms with Crippen molar-refractivity contribution in [3.63, 3.8) is 0 Å². The molecule has 0 radical (unpaired) electrons. The Hall–Kier alpha value is -1.30. The molecule has 1 fully saturated rings. The third kappa shape index (κ3) is 3.83. The zero-order valence-corrected chi connectivity index (χ0v) is 12.1. The molecule has 2 rings (SSSR count). The highest BCUT2D eigenvalue weighted by Gasteiger charge is 2.23. The van der Waals surface area contributed by atoms with E-state index in [2.05, 4.69) is 54.5 Å². The lowest BCUT2D eigenvalue weighted by atomic mass is 9.98. The van der Waals surface area contributed by atoms with Crippen molar-refractivity contribution in [3.8, 4) is 0 Å². The molecular formula is C18H25N. The fourth-order valence-electron chi connectivity index (χ4n) is 3.02. The molecule has 0 aromatic heterocycles. The van der Waals surface area contributed by atoms with Gasteiger partial charge in [0.15, 0.2) is 0 Å². The summed E-state index contributed by atoms with van der Waals surface area (Å²) < 4.78 is 0. The maximum absolute atomic E-state index is 3.91. The SMILES string of the molecule is C=C=C1CCCCN(Cc2ccccc2)C1CCC. The van der Waals surface area contributed by atoms with Crippen molar-refractivity contribution in [2.45, 2.75) is 51.6 Å². The van der Waals surface area contributed by atoms with E-state index in [1.54, 1.807) is 0 Å². The van der Waals surface area contributed by atoms with Crippen LogP contribution in [-0.2, 0) is 6.54 Å². The van der Waals surface area contributed by atoms with Crippen molar-refractivity contribution in [1.29, 1.82) is 0 Å². The second-order valence-corrected chi connectivity index (χ2v) is 5.42. The third-order valence-corrected chi connectivity index (χ3v) is 4.00. The molecule has 1 saturated heterocycles. The summed E-state index contributed by atoms with van der Waals surface area (Å²) >= 11 is 0. The molecular weight excluding hydrogens is 230 g/mol. The van der Waals surface area contributed by atoms with Crippen LogP contribution in [0.3, 0.4) is 0 Å². The Morgan fingerprint density at radius 2 is 2.05 bits per heavy atom. The van der Waals surface area contributed by atoms with E-state index < -0.39 is 0 Å². The Labute approximate surface area is 117 Å². The Morgan fingerprint density at radius 3 is 2.74 bits per heavy atom. The van der Waals surface area contributed by atoms with Crippen LogP contribution in [0.25, 0.3) is 0 Å². The summed E-state index contributed by atoms with van der Waals surface area (Å²) in [5.41, 5.74) is 6.06. The second-order valence-electron chi connectivity index (χ2n) is 5.42. The van der Waals surface area contributed by atoms with Gasteiger partial charge in [-0.05, 0) is 43.4 Å². The average Bonchev–Trinajstić information content (AvgIpc) is 2.63. The Bertz CT molecular complexity index is 428. The first-order chi connectivity index (χ1) is 9.35. The molecule has 1 atom stereocenters. The van der Waals surface area contributed by atoms with Crippen LogP contribution in [0.15, 0.2) is 48.2 Å². The number of likely N-dealkylation sites (tertiary alicyclic amines) is 1. The largest absolute Gasteiger partial charge is 0.292 e. The van der Waals surface area contributed by atoms with Crippen molar-refractivity contribution in [1.82, 2.24) is 4.90 Å². The van der Waals surface area contributed by atoms with Crippen LogP contribution in [-0.4, -0.2) is 17.5 Å². The lowest BCUT2D eigenvalue weighted by Crippen LogP contribution is -2.35. The van der Waals surface area contributed by atoms with Gasteiger partial charge in [-0.25, -0.2) is 0 Å². The fraction of sp³-hybridized carbons (Fsp3) is 0.500. The van der Waals surface area contributed by atoms with Crippen molar-refractivity contribution in [2.75, 3.05) is 6.54 Å². The second kappa shape index (κ2) is 7.33. The highest BCUT2D eigenvalue weighted by Crippen LogP contribution is 2.26. The van der Waals surface area contributed by atoms with Crippen LogP contribution < -0.4 is 0 Å². The smallest absolute Gasteiger partial charge is 0.0385 e. The molecule has 0 amide bonds. The number of hydrogen-bond donors (Lipinski definition) is 0. The van der Waals surface area contributed by atoms with Crippen LogP contribution in [0.4, 0.5) is 0 Å². The van der Waals surface area contributed by atoms with E-state index in [4.69, 9.17) is 0 Å². The van der Waals surface area contributed by atoms with Crippen LogP contribution in [0.1, 0.15) is 44.6 Å². The van der Waals surface area contributed by atoms with Crippen LogP contribution in [0.2, 0.25) is 0 Å². The molecule has 0 bridgehead atoms. The summed E-state index contributed by atoms with van der Waals surface area (Å²) in [6.45, 7) is 8.43. The van der Waals surface area contributed by atoms with Crippen LogP contribution in [0, 0.1) is 0 Å². The van der Waals surface area contributed by atoms with E-state index >= 15 is 0 Å². The first-order valence-electron chi connectivity index (χ1n) is 7.52. The minimum absolute atomic E-state index is 0.546. The normalized spacial score (nSPS) is 20.9. The van der Waals surface area contributed by atoms with Crippen LogP contribution >= 0.6 is 0 Å². The predicted molar refractivity (Wildman–Crippen MR) is 82.1 cm³/mol. The van der Waals surface area contributed by atoms with E-state index in [-0.39, 0.29) is 0 Å². The molecule has 0 N–H and O–H groups in total. The Kier molecular flexibility index (Phi) is 5.44. The number of hydrogen-bond acceptors (Lipinski definition) is 1. The van der Waals surface area contributed by atoms with Gasteiger partial charge in [0.05, 0.1) is 0 Å². The number of rotatable bonds is 4. The number of nitrogens with zero attached hydrogens (tertiary/aromatic N) is 1. The predicted octanol–water partition coefficient (Wildman–Crippen LogP) is 4.55. The molecule has 0 spiro atoms.